The van der Waals surface area contributed by atoms with Gasteiger partial charge in [0.05, 0.1) is 5.56 Å². The van der Waals surface area contributed by atoms with Crippen molar-refractivity contribution in [2.24, 2.45) is 0 Å². The van der Waals surface area contributed by atoms with Crippen LogP contribution in [-0.4, -0.2) is 35.0 Å². The largest absolute Gasteiger partial charge is 0.419 e. The van der Waals surface area contributed by atoms with E-state index in [1.165, 1.54) is 13.0 Å². The number of aryl methyl sites for hydroxylation is 1. The lowest BCUT2D eigenvalue weighted by Crippen LogP contribution is -2.47. The van der Waals surface area contributed by atoms with Gasteiger partial charge >= 0.3 is 6.18 Å². The molecule has 1 amide bonds. The molecule has 6 nitrogen and oxygen atoms in total. The van der Waals surface area contributed by atoms with E-state index in [1.807, 2.05) is 17.9 Å². The standard InChI is InChI=1S/C21H25F4N5O/c1-3-5-14-11-19(30-9-4-6-16(12-30)26-13(2)31)29-20(27-14)28-15-7-8-18(22)17(10-15)21(23,24)25/h7-8,10-11,16H,3-6,9,12H2,1-2H3,(H,26,31)(H,27,28,29). The van der Waals surface area contributed by atoms with Crippen LogP contribution in [0.3, 0.4) is 0 Å². The molecule has 2 aromatic rings. The van der Waals surface area contributed by atoms with Gasteiger partial charge in [0.2, 0.25) is 11.9 Å². The Labute approximate surface area is 178 Å². The van der Waals surface area contributed by atoms with Crippen LogP contribution in [0.4, 0.5) is 35.0 Å². The normalized spacial score (nSPS) is 16.8. The summed E-state index contributed by atoms with van der Waals surface area (Å²) in [5.74, 6) is -0.659. The molecule has 31 heavy (non-hydrogen) atoms. The van der Waals surface area contributed by atoms with Gasteiger partial charge in [0.15, 0.2) is 0 Å². The number of alkyl halides is 3. The Balaban J connectivity index is 1.88. The fraction of sp³-hybridized carbons (Fsp3) is 0.476. The van der Waals surface area contributed by atoms with Gasteiger partial charge in [0.1, 0.15) is 11.6 Å². The number of anilines is 3. The molecule has 1 saturated heterocycles. The number of carbonyl (C=O) groups excluding carboxylic acids is 1. The van der Waals surface area contributed by atoms with Gasteiger partial charge in [-0.25, -0.2) is 9.37 Å². The molecule has 1 unspecified atom stereocenters. The quantitative estimate of drug-likeness (QED) is 0.652. The summed E-state index contributed by atoms with van der Waals surface area (Å²) < 4.78 is 52.7. The van der Waals surface area contributed by atoms with Crippen LogP contribution >= 0.6 is 0 Å². The molecule has 1 fully saturated rings. The number of benzene rings is 1. The van der Waals surface area contributed by atoms with Crippen molar-refractivity contribution < 1.29 is 22.4 Å². The summed E-state index contributed by atoms with van der Waals surface area (Å²) in [6.07, 6.45) is -1.56. The Bertz CT molecular complexity index is 934. The summed E-state index contributed by atoms with van der Waals surface area (Å²) in [5.41, 5.74) is -0.561. The number of carbonyl (C=O) groups is 1. The van der Waals surface area contributed by atoms with E-state index < -0.39 is 17.6 Å². The van der Waals surface area contributed by atoms with Crippen molar-refractivity contribution in [2.45, 2.75) is 51.7 Å². The van der Waals surface area contributed by atoms with E-state index in [0.717, 1.165) is 37.6 Å². The average Bonchev–Trinajstić information content (AvgIpc) is 2.68. The molecule has 1 aromatic carbocycles. The van der Waals surface area contributed by atoms with E-state index >= 15 is 0 Å². The molecule has 168 valence electrons. The van der Waals surface area contributed by atoms with Crippen LogP contribution < -0.4 is 15.5 Å². The van der Waals surface area contributed by atoms with E-state index in [9.17, 15) is 22.4 Å². The Kier molecular flexibility index (Phi) is 6.97. The molecule has 0 bridgehead atoms. The molecule has 0 saturated carbocycles. The van der Waals surface area contributed by atoms with E-state index in [0.29, 0.717) is 24.8 Å². The highest BCUT2D eigenvalue weighted by Gasteiger charge is 2.34. The van der Waals surface area contributed by atoms with Gasteiger partial charge in [-0.2, -0.15) is 18.2 Å². The summed E-state index contributed by atoms with van der Waals surface area (Å²) in [5, 5.41) is 5.70. The monoisotopic (exact) mass is 439 g/mol. The van der Waals surface area contributed by atoms with Crippen LogP contribution in [0.5, 0.6) is 0 Å². The van der Waals surface area contributed by atoms with Gasteiger partial charge in [-0.05, 0) is 37.5 Å². The third kappa shape index (κ3) is 6.05. The third-order valence-corrected chi connectivity index (χ3v) is 4.95. The summed E-state index contributed by atoms with van der Waals surface area (Å²) in [6.45, 7) is 4.80. The third-order valence-electron chi connectivity index (χ3n) is 4.95. The smallest absolute Gasteiger partial charge is 0.354 e. The van der Waals surface area contributed by atoms with Gasteiger partial charge in [0, 0.05) is 43.5 Å². The first kappa shape index (κ1) is 22.8. The minimum atomic E-state index is -4.80. The Hall–Kier alpha value is -2.91. The van der Waals surface area contributed by atoms with Gasteiger partial charge in [-0.1, -0.05) is 13.3 Å². The van der Waals surface area contributed by atoms with Crippen molar-refractivity contribution in [3.63, 3.8) is 0 Å². The molecule has 1 atom stereocenters. The van der Waals surface area contributed by atoms with Crippen molar-refractivity contribution >= 4 is 23.4 Å². The Morgan fingerprint density at radius 3 is 2.71 bits per heavy atom. The maximum atomic E-state index is 13.6. The molecular weight excluding hydrogens is 414 g/mol. The lowest BCUT2D eigenvalue weighted by atomic mass is 10.1. The Morgan fingerprint density at radius 2 is 2.03 bits per heavy atom. The molecule has 1 aliphatic rings. The van der Waals surface area contributed by atoms with Gasteiger partial charge in [-0.3, -0.25) is 4.79 Å². The topological polar surface area (TPSA) is 70.2 Å². The summed E-state index contributed by atoms with van der Waals surface area (Å²) in [6, 6.07) is 4.55. The molecule has 2 heterocycles. The molecule has 0 radical (unpaired) electrons. The predicted octanol–water partition coefficient (Wildman–Crippen LogP) is 4.44. The fourth-order valence-electron chi connectivity index (χ4n) is 3.63. The zero-order valence-corrected chi connectivity index (χ0v) is 17.4. The zero-order chi connectivity index (χ0) is 22.6. The molecule has 0 spiro atoms. The number of rotatable bonds is 6. The minimum Gasteiger partial charge on any atom is -0.354 e. The number of nitrogens with zero attached hydrogens (tertiary/aromatic N) is 3. The number of hydrogen-bond acceptors (Lipinski definition) is 5. The van der Waals surface area contributed by atoms with E-state index in [2.05, 4.69) is 20.6 Å². The van der Waals surface area contributed by atoms with Crippen molar-refractivity contribution in [3.05, 3.63) is 41.3 Å². The second-order valence-corrected chi connectivity index (χ2v) is 7.59. The highest BCUT2D eigenvalue weighted by molar-refractivity contribution is 5.73. The second kappa shape index (κ2) is 9.49. The molecule has 1 aromatic heterocycles. The molecule has 1 aliphatic heterocycles. The van der Waals surface area contributed by atoms with E-state index in [4.69, 9.17) is 0 Å². The highest BCUT2D eigenvalue weighted by Crippen LogP contribution is 2.33. The lowest BCUT2D eigenvalue weighted by Gasteiger charge is -2.34. The van der Waals surface area contributed by atoms with Crippen molar-refractivity contribution in [1.29, 1.82) is 0 Å². The van der Waals surface area contributed by atoms with Gasteiger partial charge in [-0.15, -0.1) is 0 Å². The molecule has 3 rings (SSSR count). The van der Waals surface area contributed by atoms with Crippen molar-refractivity contribution in [3.8, 4) is 0 Å². The van der Waals surface area contributed by atoms with Crippen LogP contribution in [0.1, 0.15) is 44.4 Å². The van der Waals surface area contributed by atoms with Crippen LogP contribution in [0.15, 0.2) is 24.3 Å². The average molecular weight is 439 g/mol. The number of halogens is 4. The minimum absolute atomic E-state index is 0.00121. The van der Waals surface area contributed by atoms with Gasteiger partial charge in [0.25, 0.3) is 0 Å². The first-order valence-electron chi connectivity index (χ1n) is 10.2. The predicted molar refractivity (Wildman–Crippen MR) is 110 cm³/mol. The molecular formula is C21H25F4N5O. The molecule has 10 heteroatoms. The number of nitrogens with one attached hydrogen (secondary N) is 2. The summed E-state index contributed by atoms with van der Waals surface area (Å²) in [7, 11) is 0. The van der Waals surface area contributed by atoms with Crippen LogP contribution in [0, 0.1) is 5.82 Å². The second-order valence-electron chi connectivity index (χ2n) is 7.59. The number of aromatic nitrogens is 2. The number of hydrogen-bond donors (Lipinski definition) is 2. The zero-order valence-electron chi connectivity index (χ0n) is 17.4. The summed E-state index contributed by atoms with van der Waals surface area (Å²) >= 11 is 0. The van der Waals surface area contributed by atoms with Crippen LogP contribution in [-0.2, 0) is 17.4 Å². The summed E-state index contributed by atoms with van der Waals surface area (Å²) in [4.78, 5) is 22.3. The van der Waals surface area contributed by atoms with Crippen LogP contribution in [0.25, 0.3) is 0 Å². The van der Waals surface area contributed by atoms with E-state index in [-0.39, 0.29) is 23.6 Å². The van der Waals surface area contributed by atoms with Gasteiger partial charge < -0.3 is 15.5 Å². The molecule has 0 aliphatic carbocycles. The van der Waals surface area contributed by atoms with Crippen molar-refractivity contribution in [2.75, 3.05) is 23.3 Å². The first-order valence-corrected chi connectivity index (χ1v) is 10.2. The fourth-order valence-corrected chi connectivity index (χ4v) is 3.63. The maximum absolute atomic E-state index is 13.6. The SMILES string of the molecule is CCCc1cc(N2CCCC(NC(C)=O)C2)nc(Nc2ccc(F)c(C(F)(F)F)c2)n1. The number of amides is 1. The molecule has 2 N–H and O–H groups in total. The lowest BCUT2D eigenvalue weighted by molar-refractivity contribution is -0.140. The highest BCUT2D eigenvalue weighted by atomic mass is 19.4. The van der Waals surface area contributed by atoms with E-state index in [1.54, 1.807) is 0 Å². The number of piperidine rings is 1. The van der Waals surface area contributed by atoms with Crippen LogP contribution in [0.2, 0.25) is 0 Å². The van der Waals surface area contributed by atoms with Crippen molar-refractivity contribution in [1.82, 2.24) is 15.3 Å². The first-order chi connectivity index (χ1) is 14.7. The Morgan fingerprint density at radius 1 is 1.26 bits per heavy atom. The maximum Gasteiger partial charge on any atom is 0.419 e.